The molecule has 0 fully saturated rings. The molecule has 0 radical (unpaired) electrons. The zero-order chi connectivity index (χ0) is 13.7. The minimum atomic E-state index is -0.337. The zero-order valence-corrected chi connectivity index (χ0v) is 11.1. The lowest BCUT2D eigenvalue weighted by Crippen LogP contribution is -2.21. The van der Waals surface area contributed by atoms with E-state index in [1.807, 2.05) is 13.1 Å². The molecule has 19 heavy (non-hydrogen) atoms. The average Bonchev–Trinajstić information content (AvgIpc) is 2.92. The lowest BCUT2D eigenvalue weighted by Gasteiger charge is -2.15. The molecule has 2 rings (SSSR count). The van der Waals surface area contributed by atoms with Gasteiger partial charge in [0.05, 0.1) is 13.4 Å². The molecule has 2 N–H and O–H groups in total. The van der Waals surface area contributed by atoms with E-state index in [-0.39, 0.29) is 17.6 Å². The number of hydrogen-bond acceptors (Lipinski definition) is 3. The highest BCUT2D eigenvalue weighted by molar-refractivity contribution is 5.31. The Kier molecular flexibility index (Phi) is 4.52. The van der Waals surface area contributed by atoms with E-state index in [4.69, 9.17) is 4.74 Å². The van der Waals surface area contributed by atoms with E-state index in [2.05, 4.69) is 15.3 Å². The summed E-state index contributed by atoms with van der Waals surface area (Å²) in [5.74, 6) is -0.0596. The van der Waals surface area contributed by atoms with Gasteiger partial charge in [0, 0.05) is 30.9 Å². The Labute approximate surface area is 112 Å². The van der Waals surface area contributed by atoms with Crippen molar-refractivity contribution in [3.8, 4) is 5.75 Å². The summed E-state index contributed by atoms with van der Waals surface area (Å²) in [5.41, 5.74) is 2.10. The molecule has 1 heterocycles. The first-order chi connectivity index (χ1) is 9.20. The van der Waals surface area contributed by atoms with E-state index in [0.29, 0.717) is 0 Å². The Balaban J connectivity index is 1.90. The molecule has 4 nitrogen and oxygen atoms in total. The number of rotatable bonds is 6. The summed E-state index contributed by atoms with van der Waals surface area (Å²) in [7, 11) is 1.47. The van der Waals surface area contributed by atoms with Gasteiger partial charge in [-0.2, -0.15) is 0 Å². The van der Waals surface area contributed by atoms with Crippen molar-refractivity contribution in [2.45, 2.75) is 19.4 Å². The van der Waals surface area contributed by atoms with Crippen LogP contribution in [0, 0.1) is 5.82 Å². The molecule has 0 saturated carbocycles. The van der Waals surface area contributed by atoms with Crippen molar-refractivity contribution in [3.05, 3.63) is 47.8 Å². The van der Waals surface area contributed by atoms with E-state index < -0.39 is 0 Å². The van der Waals surface area contributed by atoms with Crippen LogP contribution in [0.5, 0.6) is 5.75 Å². The number of aromatic amines is 1. The Morgan fingerprint density at radius 2 is 2.32 bits per heavy atom. The van der Waals surface area contributed by atoms with Crippen molar-refractivity contribution in [2.24, 2.45) is 0 Å². The highest BCUT2D eigenvalue weighted by Gasteiger charge is 2.09. The number of halogens is 1. The second-order valence-corrected chi connectivity index (χ2v) is 4.40. The monoisotopic (exact) mass is 263 g/mol. The van der Waals surface area contributed by atoms with Gasteiger partial charge in [-0.05, 0) is 24.6 Å². The van der Waals surface area contributed by atoms with Gasteiger partial charge < -0.3 is 15.0 Å². The number of hydrogen-bond donors (Lipinski definition) is 2. The summed E-state index contributed by atoms with van der Waals surface area (Å²) >= 11 is 0. The van der Waals surface area contributed by atoms with Gasteiger partial charge in [0.2, 0.25) is 0 Å². The molecule has 1 aromatic carbocycles. The Bertz CT molecular complexity index is 513. The lowest BCUT2D eigenvalue weighted by atomic mass is 10.1. The minimum Gasteiger partial charge on any atom is -0.494 e. The first kappa shape index (κ1) is 13.5. The lowest BCUT2D eigenvalue weighted by molar-refractivity contribution is 0.385. The van der Waals surface area contributed by atoms with Crippen molar-refractivity contribution in [2.75, 3.05) is 13.7 Å². The topological polar surface area (TPSA) is 49.9 Å². The predicted octanol–water partition coefficient (Wildman–Crippen LogP) is 2.45. The van der Waals surface area contributed by atoms with Crippen LogP contribution in [0.3, 0.4) is 0 Å². The third-order valence-corrected chi connectivity index (χ3v) is 3.07. The first-order valence-corrected chi connectivity index (χ1v) is 6.24. The third-order valence-electron chi connectivity index (χ3n) is 3.07. The van der Waals surface area contributed by atoms with Crippen molar-refractivity contribution in [1.82, 2.24) is 15.3 Å². The molecule has 0 amide bonds. The molecule has 5 heteroatoms. The molecule has 0 saturated heterocycles. The summed E-state index contributed by atoms with van der Waals surface area (Å²) < 4.78 is 18.3. The Morgan fingerprint density at radius 3 is 3.00 bits per heavy atom. The fourth-order valence-corrected chi connectivity index (χ4v) is 1.91. The number of benzene rings is 1. The molecular weight excluding hydrogens is 245 g/mol. The number of ether oxygens (including phenoxy) is 1. The van der Waals surface area contributed by atoms with Gasteiger partial charge >= 0.3 is 0 Å². The standard InChI is InChI=1S/C14H18FN3O/c1-10(17-6-5-12-8-16-9-18-12)11-3-4-13(15)14(7-11)19-2/h3-4,7-10,17H,5-6H2,1-2H3,(H,16,18). The number of nitrogens with one attached hydrogen (secondary N) is 2. The summed E-state index contributed by atoms with van der Waals surface area (Å²) in [6.45, 7) is 2.86. The molecule has 0 bridgehead atoms. The van der Waals surface area contributed by atoms with E-state index in [1.165, 1.54) is 13.2 Å². The van der Waals surface area contributed by atoms with Crippen LogP contribution in [-0.4, -0.2) is 23.6 Å². The van der Waals surface area contributed by atoms with Crippen LogP contribution in [0.1, 0.15) is 24.2 Å². The fourth-order valence-electron chi connectivity index (χ4n) is 1.91. The van der Waals surface area contributed by atoms with Crippen molar-refractivity contribution < 1.29 is 9.13 Å². The number of aromatic nitrogens is 2. The predicted molar refractivity (Wildman–Crippen MR) is 71.7 cm³/mol. The SMILES string of the molecule is COc1cc(C(C)NCCc2cnc[nH]2)ccc1F. The fraction of sp³-hybridized carbons (Fsp3) is 0.357. The third kappa shape index (κ3) is 3.54. The second kappa shape index (κ2) is 6.33. The molecule has 102 valence electrons. The van der Waals surface area contributed by atoms with E-state index in [1.54, 1.807) is 18.5 Å². The maximum atomic E-state index is 13.3. The quantitative estimate of drug-likeness (QED) is 0.841. The van der Waals surface area contributed by atoms with Gasteiger partial charge in [-0.15, -0.1) is 0 Å². The first-order valence-electron chi connectivity index (χ1n) is 6.24. The summed E-state index contributed by atoms with van der Waals surface area (Å²) in [5, 5.41) is 3.38. The average molecular weight is 263 g/mol. The van der Waals surface area contributed by atoms with E-state index in [0.717, 1.165) is 24.2 Å². The van der Waals surface area contributed by atoms with Crippen LogP contribution in [0.25, 0.3) is 0 Å². The molecule has 0 aliphatic carbocycles. The van der Waals surface area contributed by atoms with Crippen molar-refractivity contribution in [1.29, 1.82) is 0 Å². The highest BCUT2D eigenvalue weighted by Crippen LogP contribution is 2.22. The number of imidazole rings is 1. The second-order valence-electron chi connectivity index (χ2n) is 4.40. The van der Waals surface area contributed by atoms with Gasteiger partial charge in [-0.25, -0.2) is 9.37 Å². The molecule has 1 aromatic heterocycles. The van der Waals surface area contributed by atoms with Crippen molar-refractivity contribution in [3.63, 3.8) is 0 Å². The molecule has 1 unspecified atom stereocenters. The molecule has 1 atom stereocenters. The smallest absolute Gasteiger partial charge is 0.165 e. The Morgan fingerprint density at radius 1 is 1.47 bits per heavy atom. The normalized spacial score (nSPS) is 12.4. The molecule has 0 aliphatic rings. The summed E-state index contributed by atoms with van der Waals surface area (Å²) in [6.07, 6.45) is 4.36. The number of methoxy groups -OCH3 is 1. The maximum absolute atomic E-state index is 13.3. The molecular formula is C14H18FN3O. The number of nitrogens with zero attached hydrogens (tertiary/aromatic N) is 1. The van der Waals surface area contributed by atoms with Crippen LogP contribution in [0.2, 0.25) is 0 Å². The van der Waals surface area contributed by atoms with Crippen LogP contribution in [0.4, 0.5) is 4.39 Å². The van der Waals surface area contributed by atoms with Crippen LogP contribution >= 0.6 is 0 Å². The zero-order valence-electron chi connectivity index (χ0n) is 11.1. The van der Waals surface area contributed by atoms with Crippen molar-refractivity contribution >= 4 is 0 Å². The summed E-state index contributed by atoms with van der Waals surface area (Å²) in [4.78, 5) is 7.02. The van der Waals surface area contributed by atoms with Crippen LogP contribution in [0.15, 0.2) is 30.7 Å². The maximum Gasteiger partial charge on any atom is 0.165 e. The van der Waals surface area contributed by atoms with Gasteiger partial charge in [-0.3, -0.25) is 0 Å². The van der Waals surface area contributed by atoms with Gasteiger partial charge in [0.1, 0.15) is 0 Å². The van der Waals surface area contributed by atoms with Crippen LogP contribution < -0.4 is 10.1 Å². The van der Waals surface area contributed by atoms with Gasteiger partial charge in [0.25, 0.3) is 0 Å². The van der Waals surface area contributed by atoms with Gasteiger partial charge in [0.15, 0.2) is 11.6 Å². The molecule has 2 aromatic rings. The largest absolute Gasteiger partial charge is 0.494 e. The van der Waals surface area contributed by atoms with E-state index >= 15 is 0 Å². The highest BCUT2D eigenvalue weighted by atomic mass is 19.1. The van der Waals surface area contributed by atoms with Gasteiger partial charge in [-0.1, -0.05) is 6.07 Å². The number of H-pyrrole nitrogens is 1. The van der Waals surface area contributed by atoms with Crippen LogP contribution in [-0.2, 0) is 6.42 Å². The van der Waals surface area contributed by atoms with E-state index in [9.17, 15) is 4.39 Å². The Hall–Kier alpha value is -1.88. The minimum absolute atomic E-state index is 0.137. The molecule has 0 spiro atoms. The summed E-state index contributed by atoms with van der Waals surface area (Å²) in [6, 6.07) is 5.06. The molecule has 0 aliphatic heterocycles.